The largest absolute Gasteiger partial charge is 0.468 e. The number of rotatable bonds is 5. The van der Waals surface area contributed by atoms with E-state index in [0.717, 1.165) is 44.4 Å². The molecule has 1 aromatic rings. The molecule has 0 radical (unpaired) electrons. The van der Waals surface area contributed by atoms with Crippen LogP contribution in [0.25, 0.3) is 0 Å². The topological polar surface area (TPSA) is 62.0 Å². The van der Waals surface area contributed by atoms with E-state index in [0.29, 0.717) is 18.1 Å². The fraction of sp³-hybridized carbons (Fsp3) is 0.762. The highest BCUT2D eigenvalue weighted by Crippen LogP contribution is 2.52. The molecule has 1 aromatic heterocycles. The number of aliphatic imine (C=N–C) groups is 1. The number of nitrogens with zero attached hydrogens (tertiary/aromatic N) is 2. The number of nitrogens with one attached hydrogen (secondary N) is 2. The zero-order valence-electron chi connectivity index (χ0n) is 17.3. The molecule has 3 heterocycles. The van der Waals surface area contributed by atoms with Crippen LogP contribution in [0, 0.1) is 11.3 Å². The van der Waals surface area contributed by atoms with Crippen molar-refractivity contribution in [2.45, 2.75) is 57.7 Å². The van der Waals surface area contributed by atoms with Gasteiger partial charge < -0.3 is 19.8 Å². The quantitative estimate of drug-likeness (QED) is 0.367. The van der Waals surface area contributed by atoms with E-state index < -0.39 is 0 Å². The molecule has 0 aromatic carbocycles. The molecule has 1 aliphatic carbocycles. The molecule has 7 heteroatoms. The third-order valence-electron chi connectivity index (χ3n) is 6.78. The van der Waals surface area contributed by atoms with Crippen LogP contribution in [0.15, 0.2) is 27.8 Å². The van der Waals surface area contributed by atoms with E-state index in [4.69, 9.17) is 9.15 Å². The highest BCUT2D eigenvalue weighted by atomic mass is 127. The molecule has 2 aliphatic heterocycles. The van der Waals surface area contributed by atoms with Gasteiger partial charge in [-0.3, -0.25) is 9.89 Å². The predicted octanol–water partition coefficient (Wildman–Crippen LogP) is 3.40. The van der Waals surface area contributed by atoms with E-state index in [1.165, 1.54) is 19.3 Å². The Balaban J connectivity index is 0.00000225. The van der Waals surface area contributed by atoms with Crippen LogP contribution in [0.4, 0.5) is 0 Å². The molecule has 6 nitrogen and oxygen atoms in total. The van der Waals surface area contributed by atoms with Crippen molar-refractivity contribution in [3.8, 4) is 0 Å². The SMILES string of the molecule is CN=C(NCC(c1ccco1)N1CCCCC1)NC1C2CCOC2C1(C)C.I. The molecule has 2 saturated heterocycles. The van der Waals surface area contributed by atoms with Crippen molar-refractivity contribution in [2.75, 3.05) is 33.3 Å². The first kappa shape index (κ1) is 21.9. The minimum absolute atomic E-state index is 0. The van der Waals surface area contributed by atoms with Crippen LogP contribution < -0.4 is 10.6 Å². The van der Waals surface area contributed by atoms with Crippen LogP contribution in [0.1, 0.15) is 51.3 Å². The van der Waals surface area contributed by atoms with Crippen molar-refractivity contribution >= 4 is 29.9 Å². The second-order valence-electron chi connectivity index (χ2n) is 8.77. The van der Waals surface area contributed by atoms with Gasteiger partial charge in [-0.25, -0.2) is 0 Å². The van der Waals surface area contributed by atoms with Crippen LogP contribution in [0.3, 0.4) is 0 Å². The van der Waals surface area contributed by atoms with Crippen LogP contribution in [-0.4, -0.2) is 56.3 Å². The maximum absolute atomic E-state index is 5.92. The lowest BCUT2D eigenvalue weighted by molar-refractivity contribution is -0.106. The zero-order valence-corrected chi connectivity index (χ0v) is 19.6. The van der Waals surface area contributed by atoms with Gasteiger partial charge in [0.05, 0.1) is 18.4 Å². The summed E-state index contributed by atoms with van der Waals surface area (Å²) < 4.78 is 11.7. The monoisotopic (exact) mass is 502 g/mol. The Morgan fingerprint density at radius 2 is 2.11 bits per heavy atom. The van der Waals surface area contributed by atoms with E-state index in [1.54, 1.807) is 6.26 Å². The van der Waals surface area contributed by atoms with Gasteiger partial charge in [0.15, 0.2) is 5.96 Å². The van der Waals surface area contributed by atoms with Crippen LogP contribution in [0.2, 0.25) is 0 Å². The Morgan fingerprint density at radius 3 is 2.79 bits per heavy atom. The van der Waals surface area contributed by atoms with Gasteiger partial charge in [-0.15, -0.1) is 24.0 Å². The number of likely N-dealkylation sites (tertiary alicyclic amines) is 1. The summed E-state index contributed by atoms with van der Waals surface area (Å²) in [6.45, 7) is 8.54. The number of guanidine groups is 1. The minimum atomic E-state index is 0. The first-order valence-electron chi connectivity index (χ1n) is 10.5. The van der Waals surface area contributed by atoms with Crippen molar-refractivity contribution in [1.29, 1.82) is 0 Å². The van der Waals surface area contributed by atoms with Gasteiger partial charge in [-0.1, -0.05) is 20.3 Å². The highest BCUT2D eigenvalue weighted by Gasteiger charge is 2.59. The third kappa shape index (κ3) is 4.21. The average Bonchev–Trinajstić information content (AvgIpc) is 3.36. The maximum Gasteiger partial charge on any atom is 0.191 e. The van der Waals surface area contributed by atoms with Gasteiger partial charge >= 0.3 is 0 Å². The van der Waals surface area contributed by atoms with Crippen molar-refractivity contribution in [3.05, 3.63) is 24.2 Å². The summed E-state index contributed by atoms with van der Waals surface area (Å²) >= 11 is 0. The number of piperidine rings is 1. The van der Waals surface area contributed by atoms with Crippen molar-refractivity contribution in [2.24, 2.45) is 16.3 Å². The summed E-state index contributed by atoms with van der Waals surface area (Å²) in [5.41, 5.74) is 0.145. The van der Waals surface area contributed by atoms with E-state index in [2.05, 4.69) is 40.4 Å². The molecular formula is C21H35IN4O2. The van der Waals surface area contributed by atoms with E-state index in [1.807, 2.05) is 13.1 Å². The Bertz CT molecular complexity index is 643. The molecule has 4 atom stereocenters. The van der Waals surface area contributed by atoms with E-state index in [-0.39, 0.29) is 35.4 Å². The molecule has 4 rings (SSSR count). The number of hydrogen-bond donors (Lipinski definition) is 2. The van der Waals surface area contributed by atoms with E-state index in [9.17, 15) is 0 Å². The molecule has 3 aliphatic rings. The van der Waals surface area contributed by atoms with Crippen LogP contribution >= 0.6 is 24.0 Å². The fourth-order valence-corrected chi connectivity index (χ4v) is 5.27. The first-order chi connectivity index (χ1) is 13.1. The summed E-state index contributed by atoms with van der Waals surface area (Å²) in [4.78, 5) is 7.03. The van der Waals surface area contributed by atoms with Gasteiger partial charge in [0, 0.05) is 37.6 Å². The standard InChI is InChI=1S/C21H34N4O2.HI/c1-21(2)18(15-9-13-27-19(15)21)24-20(22-3)23-14-16(17-8-7-12-26-17)25-10-5-4-6-11-25;/h7-8,12,15-16,18-19H,4-6,9-11,13-14H2,1-3H3,(H2,22,23,24);1H. The van der Waals surface area contributed by atoms with Gasteiger partial charge in [0.25, 0.3) is 0 Å². The second kappa shape index (κ2) is 9.34. The molecule has 0 spiro atoms. The number of hydrogen-bond acceptors (Lipinski definition) is 4. The fourth-order valence-electron chi connectivity index (χ4n) is 5.27. The molecule has 3 fully saturated rings. The summed E-state index contributed by atoms with van der Waals surface area (Å²) in [6, 6.07) is 4.73. The van der Waals surface area contributed by atoms with E-state index >= 15 is 0 Å². The molecule has 1 saturated carbocycles. The second-order valence-corrected chi connectivity index (χ2v) is 8.77. The molecular weight excluding hydrogens is 467 g/mol. The number of furan rings is 1. The summed E-state index contributed by atoms with van der Waals surface area (Å²) in [6.07, 6.45) is 7.17. The van der Waals surface area contributed by atoms with Crippen molar-refractivity contribution in [3.63, 3.8) is 0 Å². The number of halogens is 1. The Morgan fingerprint density at radius 1 is 1.32 bits per heavy atom. The molecule has 158 valence electrons. The summed E-state index contributed by atoms with van der Waals surface area (Å²) in [5.74, 6) is 2.52. The highest BCUT2D eigenvalue weighted by molar-refractivity contribution is 14.0. The molecule has 28 heavy (non-hydrogen) atoms. The maximum atomic E-state index is 5.92. The molecule has 4 unspecified atom stereocenters. The van der Waals surface area contributed by atoms with Gasteiger partial charge in [0.1, 0.15) is 5.76 Å². The Labute approximate surface area is 185 Å². The summed E-state index contributed by atoms with van der Waals surface area (Å²) in [7, 11) is 1.85. The lowest BCUT2D eigenvalue weighted by atomic mass is 9.57. The average molecular weight is 502 g/mol. The first-order valence-corrected chi connectivity index (χ1v) is 10.5. The van der Waals surface area contributed by atoms with Gasteiger partial charge in [-0.05, 0) is 44.5 Å². The third-order valence-corrected chi connectivity index (χ3v) is 6.78. The molecule has 2 N–H and O–H groups in total. The Hall–Kier alpha value is -0.800. The van der Waals surface area contributed by atoms with Crippen molar-refractivity contribution in [1.82, 2.24) is 15.5 Å². The number of ether oxygens (including phenoxy) is 1. The van der Waals surface area contributed by atoms with Crippen LogP contribution in [0.5, 0.6) is 0 Å². The van der Waals surface area contributed by atoms with Crippen molar-refractivity contribution < 1.29 is 9.15 Å². The van der Waals surface area contributed by atoms with Crippen LogP contribution in [-0.2, 0) is 4.74 Å². The summed E-state index contributed by atoms with van der Waals surface area (Å²) in [5, 5.41) is 7.25. The molecule has 0 amide bonds. The zero-order chi connectivity index (χ0) is 18.9. The van der Waals surface area contributed by atoms with Gasteiger partial charge in [0.2, 0.25) is 0 Å². The molecule has 0 bridgehead atoms. The smallest absolute Gasteiger partial charge is 0.191 e. The van der Waals surface area contributed by atoms with Gasteiger partial charge in [-0.2, -0.15) is 0 Å². The minimum Gasteiger partial charge on any atom is -0.468 e. The normalized spacial score (nSPS) is 30.7. The predicted molar refractivity (Wildman–Crippen MR) is 122 cm³/mol. The lowest BCUT2D eigenvalue weighted by Gasteiger charge is -2.55. The Kier molecular flexibility index (Phi) is 7.31. The lowest BCUT2D eigenvalue weighted by Crippen LogP contribution is -2.68. The number of fused-ring (bicyclic) bond motifs is 1.